The number of halogens is 1. The second kappa shape index (κ2) is 8.96. The molecule has 2 aromatic rings. The number of hydrogen-bond acceptors (Lipinski definition) is 4. The number of hydrogen-bond donors (Lipinski definition) is 1. The number of nitrogens with one attached hydrogen (secondary N) is 1. The van der Waals surface area contributed by atoms with Crippen molar-refractivity contribution in [2.24, 2.45) is 5.41 Å². The maximum atomic E-state index is 13.2. The van der Waals surface area contributed by atoms with Crippen molar-refractivity contribution in [3.05, 3.63) is 58.6 Å². The molecule has 1 saturated heterocycles. The number of nitrogens with zero attached hydrogens (tertiary/aromatic N) is 1. The van der Waals surface area contributed by atoms with Crippen LogP contribution in [0.15, 0.2) is 47.4 Å². The Hall–Kier alpha value is -2.09. The summed E-state index contributed by atoms with van der Waals surface area (Å²) in [6.45, 7) is 4.41. The van der Waals surface area contributed by atoms with Crippen LogP contribution in [0.2, 0.25) is 5.02 Å². The van der Waals surface area contributed by atoms with Gasteiger partial charge in [-0.05, 0) is 62.1 Å². The minimum Gasteiger partial charge on any atom is -0.497 e. The number of benzene rings is 2. The molecule has 1 atom stereocenters. The van der Waals surface area contributed by atoms with E-state index in [1.165, 1.54) is 4.31 Å². The highest BCUT2D eigenvalue weighted by molar-refractivity contribution is 7.89. The fraction of sp³-hybridized carbons (Fsp3) is 0.409. The minimum absolute atomic E-state index is 0.135. The summed E-state index contributed by atoms with van der Waals surface area (Å²) in [6, 6.07) is 12.3. The lowest BCUT2D eigenvalue weighted by Crippen LogP contribution is -2.51. The maximum absolute atomic E-state index is 13.2. The highest BCUT2D eigenvalue weighted by Gasteiger charge is 2.42. The second-order valence-electron chi connectivity index (χ2n) is 7.90. The zero-order valence-electron chi connectivity index (χ0n) is 17.4. The molecule has 6 nitrogen and oxygen atoms in total. The minimum atomic E-state index is -3.74. The van der Waals surface area contributed by atoms with E-state index in [0.717, 1.165) is 11.3 Å². The molecule has 162 valence electrons. The van der Waals surface area contributed by atoms with E-state index in [0.29, 0.717) is 36.5 Å². The Morgan fingerprint density at radius 2 is 1.93 bits per heavy atom. The molecular weight excluding hydrogens is 424 g/mol. The van der Waals surface area contributed by atoms with Crippen LogP contribution in [0, 0.1) is 12.3 Å². The van der Waals surface area contributed by atoms with Gasteiger partial charge in [-0.15, -0.1) is 0 Å². The van der Waals surface area contributed by atoms with Crippen LogP contribution < -0.4 is 10.1 Å². The van der Waals surface area contributed by atoms with Gasteiger partial charge >= 0.3 is 0 Å². The summed E-state index contributed by atoms with van der Waals surface area (Å²) in [5, 5.41) is 3.37. The van der Waals surface area contributed by atoms with Crippen LogP contribution in [0.3, 0.4) is 0 Å². The molecule has 2 aromatic carbocycles. The zero-order chi connectivity index (χ0) is 21.9. The summed E-state index contributed by atoms with van der Waals surface area (Å²) in [5.41, 5.74) is 0.669. The summed E-state index contributed by atoms with van der Waals surface area (Å²) in [5.74, 6) is 0.600. The van der Waals surface area contributed by atoms with E-state index in [-0.39, 0.29) is 17.3 Å². The summed E-state index contributed by atoms with van der Waals surface area (Å²) >= 11 is 6.13. The standard InChI is InChI=1S/C22H27ClN2O4S/c1-16-19(23)6-4-7-20(16)30(27,28)25-13-5-12-22(2,15-25)21(26)24-14-17-8-10-18(29-3)11-9-17/h4,6-11H,5,12-15H2,1-3H3,(H,24,26)/t22-/m0/s1. The van der Waals surface area contributed by atoms with Gasteiger partial charge in [-0.2, -0.15) is 4.31 Å². The molecule has 0 aromatic heterocycles. The number of amides is 1. The molecule has 1 fully saturated rings. The first-order chi connectivity index (χ1) is 14.2. The molecule has 0 spiro atoms. The van der Waals surface area contributed by atoms with Crippen LogP contribution in [0.1, 0.15) is 30.9 Å². The van der Waals surface area contributed by atoms with Gasteiger partial charge in [0, 0.05) is 24.7 Å². The Bertz CT molecular complexity index is 1020. The van der Waals surface area contributed by atoms with Crippen molar-refractivity contribution in [2.45, 2.75) is 38.1 Å². The van der Waals surface area contributed by atoms with Crippen molar-refractivity contribution >= 4 is 27.5 Å². The van der Waals surface area contributed by atoms with Gasteiger partial charge in [0.25, 0.3) is 0 Å². The Morgan fingerprint density at radius 3 is 2.60 bits per heavy atom. The van der Waals surface area contributed by atoms with Crippen molar-refractivity contribution in [1.29, 1.82) is 0 Å². The van der Waals surface area contributed by atoms with E-state index >= 15 is 0 Å². The van der Waals surface area contributed by atoms with Crippen molar-refractivity contribution in [1.82, 2.24) is 9.62 Å². The van der Waals surface area contributed by atoms with Crippen LogP contribution in [-0.4, -0.2) is 38.8 Å². The quantitative estimate of drug-likeness (QED) is 0.726. The van der Waals surface area contributed by atoms with E-state index < -0.39 is 15.4 Å². The first-order valence-corrected chi connectivity index (χ1v) is 11.7. The van der Waals surface area contributed by atoms with Crippen molar-refractivity contribution in [3.63, 3.8) is 0 Å². The van der Waals surface area contributed by atoms with Gasteiger partial charge in [0.1, 0.15) is 5.75 Å². The highest BCUT2D eigenvalue weighted by Crippen LogP contribution is 2.34. The first-order valence-electron chi connectivity index (χ1n) is 9.84. The van der Waals surface area contributed by atoms with Gasteiger partial charge < -0.3 is 10.1 Å². The highest BCUT2D eigenvalue weighted by atomic mass is 35.5. The average Bonchev–Trinajstić information content (AvgIpc) is 2.74. The normalized spacial score (nSPS) is 20.0. The van der Waals surface area contributed by atoms with Crippen molar-refractivity contribution < 1.29 is 17.9 Å². The van der Waals surface area contributed by atoms with Gasteiger partial charge in [-0.1, -0.05) is 29.8 Å². The summed E-state index contributed by atoms with van der Waals surface area (Å²) in [6.07, 6.45) is 1.24. The molecule has 1 aliphatic heterocycles. The molecule has 3 rings (SSSR count). The number of methoxy groups -OCH3 is 1. The summed E-state index contributed by atoms with van der Waals surface area (Å²) in [7, 11) is -2.14. The molecule has 0 radical (unpaired) electrons. The Morgan fingerprint density at radius 1 is 1.23 bits per heavy atom. The smallest absolute Gasteiger partial charge is 0.243 e. The van der Waals surface area contributed by atoms with E-state index in [4.69, 9.17) is 16.3 Å². The second-order valence-corrected chi connectivity index (χ2v) is 10.2. The van der Waals surface area contributed by atoms with Gasteiger partial charge in [0.05, 0.1) is 17.4 Å². The number of carbonyl (C=O) groups excluding carboxylic acids is 1. The summed E-state index contributed by atoms with van der Waals surface area (Å²) < 4.78 is 33.0. The van der Waals surface area contributed by atoms with Gasteiger partial charge in [0.2, 0.25) is 15.9 Å². The third kappa shape index (κ3) is 4.63. The van der Waals surface area contributed by atoms with Crippen LogP contribution in [0.25, 0.3) is 0 Å². The molecular formula is C22H27ClN2O4S. The first kappa shape index (κ1) is 22.6. The van der Waals surface area contributed by atoms with E-state index in [1.807, 2.05) is 31.2 Å². The number of rotatable bonds is 6. The number of sulfonamides is 1. The third-order valence-corrected chi connectivity index (χ3v) is 8.06. The third-order valence-electron chi connectivity index (χ3n) is 5.66. The lowest BCUT2D eigenvalue weighted by Gasteiger charge is -2.38. The van der Waals surface area contributed by atoms with Crippen molar-refractivity contribution in [2.75, 3.05) is 20.2 Å². The number of piperidine rings is 1. The topological polar surface area (TPSA) is 75.7 Å². The summed E-state index contributed by atoms with van der Waals surface area (Å²) in [4.78, 5) is 13.2. The van der Waals surface area contributed by atoms with Crippen LogP contribution in [-0.2, 0) is 21.4 Å². The van der Waals surface area contributed by atoms with Gasteiger partial charge in [-0.25, -0.2) is 8.42 Å². The predicted octanol–water partition coefficient (Wildman–Crippen LogP) is 3.76. The molecule has 8 heteroatoms. The molecule has 1 amide bonds. The van der Waals surface area contributed by atoms with Gasteiger partial charge in [-0.3, -0.25) is 4.79 Å². The van der Waals surface area contributed by atoms with Crippen LogP contribution >= 0.6 is 11.6 Å². The SMILES string of the molecule is COc1ccc(CNC(=O)[C@@]2(C)CCCN(S(=O)(=O)c3cccc(Cl)c3C)C2)cc1. The zero-order valence-corrected chi connectivity index (χ0v) is 19.0. The molecule has 0 saturated carbocycles. The average molecular weight is 451 g/mol. The molecule has 0 unspecified atom stereocenters. The number of carbonyl (C=O) groups is 1. The molecule has 1 aliphatic rings. The maximum Gasteiger partial charge on any atom is 0.243 e. The van der Waals surface area contributed by atoms with Gasteiger partial charge in [0.15, 0.2) is 0 Å². The fourth-order valence-corrected chi connectivity index (χ4v) is 5.81. The van der Waals surface area contributed by atoms with E-state index in [2.05, 4.69) is 5.32 Å². The van der Waals surface area contributed by atoms with E-state index in [9.17, 15) is 13.2 Å². The Labute approximate surface area is 183 Å². The fourth-order valence-electron chi connectivity index (χ4n) is 3.73. The predicted molar refractivity (Wildman–Crippen MR) is 117 cm³/mol. The Kier molecular flexibility index (Phi) is 6.75. The van der Waals surface area contributed by atoms with Crippen LogP contribution in [0.4, 0.5) is 0 Å². The van der Waals surface area contributed by atoms with Crippen LogP contribution in [0.5, 0.6) is 5.75 Å². The monoisotopic (exact) mass is 450 g/mol. The molecule has 1 N–H and O–H groups in total. The molecule has 0 bridgehead atoms. The Balaban J connectivity index is 1.73. The lowest BCUT2D eigenvalue weighted by atomic mass is 9.82. The molecule has 0 aliphatic carbocycles. The van der Waals surface area contributed by atoms with E-state index in [1.54, 1.807) is 32.2 Å². The lowest BCUT2D eigenvalue weighted by molar-refractivity contribution is -0.132. The van der Waals surface area contributed by atoms with Crippen molar-refractivity contribution in [3.8, 4) is 5.75 Å². The largest absolute Gasteiger partial charge is 0.497 e. The molecule has 30 heavy (non-hydrogen) atoms. The molecule has 1 heterocycles. The number of ether oxygens (including phenoxy) is 1.